The molecule has 96 valence electrons. The molecule has 1 aromatic rings. The maximum atomic E-state index is 5.74. The Bertz CT molecular complexity index is 316. The highest BCUT2D eigenvalue weighted by atomic mass is 79.9. The number of anilines is 1. The summed E-state index contributed by atoms with van der Waals surface area (Å²) >= 11 is 3.34. The minimum absolute atomic E-state index is 0.527. The standard InChI is InChI=1S/C11H17BrN2O3/c1-15-5-6-16-3-2-4-17-11-9(12)7-14-8-10(11)13/h7-8H,2-6,13H2,1H3. The van der Waals surface area contributed by atoms with Crippen LogP contribution in [0.15, 0.2) is 16.9 Å². The van der Waals surface area contributed by atoms with Gasteiger partial charge in [0.2, 0.25) is 0 Å². The number of methoxy groups -OCH3 is 1. The van der Waals surface area contributed by atoms with Crippen molar-refractivity contribution in [1.82, 2.24) is 4.98 Å². The van der Waals surface area contributed by atoms with E-state index >= 15 is 0 Å². The summed E-state index contributed by atoms with van der Waals surface area (Å²) in [5, 5.41) is 0. The first kappa shape index (κ1) is 14.2. The monoisotopic (exact) mass is 304 g/mol. The minimum atomic E-state index is 0.527. The minimum Gasteiger partial charge on any atom is -0.490 e. The normalized spacial score (nSPS) is 10.5. The van der Waals surface area contributed by atoms with Crippen molar-refractivity contribution in [3.05, 3.63) is 16.9 Å². The maximum absolute atomic E-state index is 5.74. The molecule has 0 aliphatic rings. The lowest BCUT2D eigenvalue weighted by Crippen LogP contribution is -2.07. The van der Waals surface area contributed by atoms with Gasteiger partial charge in [0.1, 0.15) is 0 Å². The first-order valence-corrected chi connectivity index (χ1v) is 6.13. The molecule has 1 heterocycles. The fraction of sp³-hybridized carbons (Fsp3) is 0.545. The van der Waals surface area contributed by atoms with Crippen molar-refractivity contribution in [1.29, 1.82) is 0 Å². The first-order chi connectivity index (χ1) is 8.25. The first-order valence-electron chi connectivity index (χ1n) is 5.34. The predicted octanol–water partition coefficient (Wildman–Crippen LogP) is 1.86. The number of nitrogens with two attached hydrogens (primary N) is 1. The molecule has 0 atom stereocenters. The molecule has 0 aliphatic heterocycles. The van der Waals surface area contributed by atoms with Crippen molar-refractivity contribution in [2.75, 3.05) is 39.3 Å². The summed E-state index contributed by atoms with van der Waals surface area (Å²) in [4.78, 5) is 3.93. The van der Waals surface area contributed by atoms with E-state index < -0.39 is 0 Å². The Morgan fingerprint density at radius 1 is 1.24 bits per heavy atom. The molecule has 0 fully saturated rings. The second-order valence-corrected chi connectivity index (χ2v) is 4.20. The number of ether oxygens (including phenoxy) is 3. The molecule has 17 heavy (non-hydrogen) atoms. The zero-order valence-electron chi connectivity index (χ0n) is 9.82. The average molecular weight is 305 g/mol. The summed E-state index contributed by atoms with van der Waals surface area (Å²) in [5.74, 6) is 0.636. The van der Waals surface area contributed by atoms with E-state index in [1.807, 2.05) is 0 Å². The van der Waals surface area contributed by atoms with Gasteiger partial charge in [-0.1, -0.05) is 0 Å². The van der Waals surface area contributed by atoms with Crippen LogP contribution in [0, 0.1) is 0 Å². The van der Waals surface area contributed by atoms with E-state index in [4.69, 9.17) is 19.9 Å². The molecule has 2 N–H and O–H groups in total. The highest BCUT2D eigenvalue weighted by Crippen LogP contribution is 2.29. The molecule has 5 nitrogen and oxygen atoms in total. The van der Waals surface area contributed by atoms with Gasteiger partial charge in [-0.25, -0.2) is 0 Å². The smallest absolute Gasteiger partial charge is 0.159 e. The quantitative estimate of drug-likeness (QED) is 0.743. The Kier molecular flexibility index (Phi) is 6.91. The molecule has 0 aromatic carbocycles. The molecule has 0 spiro atoms. The van der Waals surface area contributed by atoms with E-state index in [0.717, 1.165) is 10.9 Å². The zero-order valence-corrected chi connectivity index (χ0v) is 11.4. The van der Waals surface area contributed by atoms with Crippen LogP contribution in [0.2, 0.25) is 0 Å². The summed E-state index contributed by atoms with van der Waals surface area (Å²) in [6.45, 7) is 2.42. The van der Waals surface area contributed by atoms with Gasteiger partial charge in [-0.3, -0.25) is 4.98 Å². The van der Waals surface area contributed by atoms with Gasteiger partial charge in [0.15, 0.2) is 5.75 Å². The number of hydrogen-bond acceptors (Lipinski definition) is 5. The zero-order chi connectivity index (χ0) is 12.5. The Morgan fingerprint density at radius 3 is 2.76 bits per heavy atom. The average Bonchev–Trinajstić information content (AvgIpc) is 2.31. The molecule has 0 aliphatic carbocycles. The van der Waals surface area contributed by atoms with E-state index in [1.54, 1.807) is 19.5 Å². The fourth-order valence-electron chi connectivity index (χ4n) is 1.17. The number of nitrogen functional groups attached to an aromatic ring is 1. The van der Waals surface area contributed by atoms with Crippen molar-refractivity contribution < 1.29 is 14.2 Å². The molecule has 0 saturated carbocycles. The predicted molar refractivity (Wildman–Crippen MR) is 69.2 cm³/mol. The Hall–Kier alpha value is -0.850. The molecule has 1 aromatic heterocycles. The van der Waals surface area contributed by atoms with Crippen LogP contribution in [0.5, 0.6) is 5.75 Å². The van der Waals surface area contributed by atoms with E-state index in [2.05, 4.69) is 20.9 Å². The van der Waals surface area contributed by atoms with Crippen LogP contribution in [-0.4, -0.2) is 38.5 Å². The van der Waals surface area contributed by atoms with Gasteiger partial charge < -0.3 is 19.9 Å². The van der Waals surface area contributed by atoms with Crippen LogP contribution in [0.4, 0.5) is 5.69 Å². The van der Waals surface area contributed by atoms with Gasteiger partial charge in [-0.15, -0.1) is 0 Å². The molecule has 0 bridgehead atoms. The molecule has 6 heteroatoms. The third kappa shape index (κ3) is 5.34. The van der Waals surface area contributed by atoms with Gasteiger partial charge >= 0.3 is 0 Å². The van der Waals surface area contributed by atoms with E-state index in [0.29, 0.717) is 37.9 Å². The second-order valence-electron chi connectivity index (χ2n) is 3.35. The van der Waals surface area contributed by atoms with Crippen molar-refractivity contribution in [3.63, 3.8) is 0 Å². The van der Waals surface area contributed by atoms with Crippen LogP contribution < -0.4 is 10.5 Å². The maximum Gasteiger partial charge on any atom is 0.159 e. The summed E-state index contributed by atoms with van der Waals surface area (Å²) in [6.07, 6.45) is 4.02. The Balaban J connectivity index is 2.18. The third-order valence-electron chi connectivity index (χ3n) is 1.99. The summed E-state index contributed by atoms with van der Waals surface area (Å²) in [5.41, 5.74) is 6.26. The van der Waals surface area contributed by atoms with Gasteiger partial charge in [0, 0.05) is 26.3 Å². The Morgan fingerprint density at radius 2 is 2.06 bits per heavy atom. The van der Waals surface area contributed by atoms with Gasteiger partial charge in [0.05, 0.1) is 36.2 Å². The number of hydrogen-bond donors (Lipinski definition) is 1. The van der Waals surface area contributed by atoms with E-state index in [-0.39, 0.29) is 0 Å². The van der Waals surface area contributed by atoms with Crippen LogP contribution in [0.1, 0.15) is 6.42 Å². The fourth-order valence-corrected chi connectivity index (χ4v) is 1.63. The van der Waals surface area contributed by atoms with Crippen molar-refractivity contribution >= 4 is 21.6 Å². The van der Waals surface area contributed by atoms with Gasteiger partial charge in [0.25, 0.3) is 0 Å². The van der Waals surface area contributed by atoms with Gasteiger partial charge in [-0.05, 0) is 15.9 Å². The largest absolute Gasteiger partial charge is 0.490 e. The molecule has 1 rings (SSSR count). The Labute approximate surface area is 109 Å². The molecule has 0 amide bonds. The molecular weight excluding hydrogens is 288 g/mol. The number of rotatable bonds is 8. The molecule has 0 saturated heterocycles. The summed E-state index contributed by atoms with van der Waals surface area (Å²) < 4.78 is 16.5. The number of pyridine rings is 1. The highest BCUT2D eigenvalue weighted by molar-refractivity contribution is 9.10. The van der Waals surface area contributed by atoms with Crippen molar-refractivity contribution in [2.24, 2.45) is 0 Å². The van der Waals surface area contributed by atoms with Gasteiger partial charge in [-0.2, -0.15) is 0 Å². The van der Waals surface area contributed by atoms with Crippen LogP contribution in [0.25, 0.3) is 0 Å². The lowest BCUT2D eigenvalue weighted by atomic mass is 10.4. The lowest BCUT2D eigenvalue weighted by Gasteiger charge is -2.10. The molecular formula is C11H17BrN2O3. The van der Waals surface area contributed by atoms with Crippen LogP contribution in [0.3, 0.4) is 0 Å². The second kappa shape index (κ2) is 8.27. The van der Waals surface area contributed by atoms with Crippen LogP contribution >= 0.6 is 15.9 Å². The SMILES string of the molecule is COCCOCCCOc1c(N)cncc1Br. The third-order valence-corrected chi connectivity index (χ3v) is 2.56. The molecule has 0 radical (unpaired) electrons. The molecule has 0 unspecified atom stereocenters. The van der Waals surface area contributed by atoms with E-state index in [1.165, 1.54) is 0 Å². The van der Waals surface area contributed by atoms with Crippen molar-refractivity contribution in [2.45, 2.75) is 6.42 Å². The number of aromatic nitrogens is 1. The van der Waals surface area contributed by atoms with Crippen LogP contribution in [-0.2, 0) is 9.47 Å². The summed E-state index contributed by atoms with van der Waals surface area (Å²) in [6, 6.07) is 0. The number of nitrogens with zero attached hydrogens (tertiary/aromatic N) is 1. The lowest BCUT2D eigenvalue weighted by molar-refractivity contribution is 0.0644. The van der Waals surface area contributed by atoms with E-state index in [9.17, 15) is 0 Å². The topological polar surface area (TPSA) is 66.6 Å². The summed E-state index contributed by atoms with van der Waals surface area (Å²) in [7, 11) is 1.65. The van der Waals surface area contributed by atoms with Crippen molar-refractivity contribution in [3.8, 4) is 5.75 Å². The highest BCUT2D eigenvalue weighted by Gasteiger charge is 2.05. The number of halogens is 1.